The normalized spacial score (nSPS) is 11.3. The first-order valence-electron chi connectivity index (χ1n) is 7.63. The fraction of sp³-hybridized carbons (Fsp3) is 0.250. The lowest BCUT2D eigenvalue weighted by molar-refractivity contribution is -0.139. The number of esters is 1. The van der Waals surface area contributed by atoms with Crippen LogP contribution < -0.4 is 0 Å². The van der Waals surface area contributed by atoms with Crippen molar-refractivity contribution >= 4 is 12.0 Å². The third-order valence-electron chi connectivity index (χ3n) is 3.49. The Bertz CT molecular complexity index is 625. The van der Waals surface area contributed by atoms with Gasteiger partial charge in [-0.25, -0.2) is 0 Å². The highest BCUT2D eigenvalue weighted by atomic mass is 16.5. The molecule has 0 spiro atoms. The number of carbonyl (C=O) groups excluding carboxylic acids is 1. The highest BCUT2D eigenvalue weighted by Gasteiger charge is 2.03. The van der Waals surface area contributed by atoms with E-state index in [4.69, 9.17) is 4.74 Å². The van der Waals surface area contributed by atoms with E-state index < -0.39 is 0 Å². The van der Waals surface area contributed by atoms with Gasteiger partial charge in [-0.05, 0) is 35.1 Å². The van der Waals surface area contributed by atoms with Crippen molar-refractivity contribution in [2.45, 2.75) is 26.7 Å². The molecule has 0 saturated heterocycles. The zero-order valence-electron chi connectivity index (χ0n) is 13.2. The molecule has 0 unspecified atom stereocenters. The van der Waals surface area contributed by atoms with E-state index in [1.165, 1.54) is 18.1 Å². The van der Waals surface area contributed by atoms with Crippen LogP contribution in [0.2, 0.25) is 0 Å². The standard InChI is InChI=1S/C20H22O2/c1-3-17-9-11-19(12-10-17)14-20(15-22-16(2)21)13-18-7-5-4-6-8-18/h4-12,14H,3,13,15H2,1-2H3/b20-14-. The van der Waals surface area contributed by atoms with E-state index in [0.717, 1.165) is 24.0 Å². The minimum absolute atomic E-state index is 0.250. The Labute approximate surface area is 132 Å². The van der Waals surface area contributed by atoms with Gasteiger partial charge in [0, 0.05) is 6.92 Å². The molecule has 2 rings (SSSR count). The summed E-state index contributed by atoms with van der Waals surface area (Å²) in [5.41, 5.74) is 4.76. The molecule has 0 amide bonds. The van der Waals surface area contributed by atoms with E-state index in [1.54, 1.807) is 0 Å². The lowest BCUT2D eigenvalue weighted by Gasteiger charge is -2.09. The fourth-order valence-corrected chi connectivity index (χ4v) is 2.28. The molecule has 2 aromatic carbocycles. The Morgan fingerprint density at radius 3 is 2.27 bits per heavy atom. The molecule has 0 aromatic heterocycles. The summed E-state index contributed by atoms with van der Waals surface area (Å²) in [6.45, 7) is 3.92. The molecule has 2 aromatic rings. The molecule has 22 heavy (non-hydrogen) atoms. The summed E-state index contributed by atoms with van der Waals surface area (Å²) in [5.74, 6) is -0.250. The molecule has 114 valence electrons. The first kappa shape index (κ1) is 16.0. The molecule has 0 aliphatic heterocycles. The van der Waals surface area contributed by atoms with E-state index in [0.29, 0.717) is 6.61 Å². The maximum absolute atomic E-state index is 11.1. The quantitative estimate of drug-likeness (QED) is 0.736. The number of carbonyl (C=O) groups is 1. The van der Waals surface area contributed by atoms with Gasteiger partial charge < -0.3 is 4.74 Å². The second-order valence-corrected chi connectivity index (χ2v) is 5.34. The SMILES string of the molecule is CCc1ccc(/C=C(\COC(C)=O)Cc2ccccc2)cc1. The number of rotatable bonds is 6. The highest BCUT2D eigenvalue weighted by molar-refractivity contribution is 5.66. The third-order valence-corrected chi connectivity index (χ3v) is 3.49. The van der Waals surface area contributed by atoms with Gasteiger partial charge in [0.25, 0.3) is 0 Å². The van der Waals surface area contributed by atoms with Crippen LogP contribution in [0.1, 0.15) is 30.5 Å². The Hall–Kier alpha value is -2.35. The lowest BCUT2D eigenvalue weighted by atomic mass is 10.0. The topological polar surface area (TPSA) is 26.3 Å². The van der Waals surface area contributed by atoms with Gasteiger partial charge in [0.1, 0.15) is 6.61 Å². The molecule has 2 nitrogen and oxygen atoms in total. The van der Waals surface area contributed by atoms with E-state index in [-0.39, 0.29) is 5.97 Å². The number of aryl methyl sites for hydroxylation is 1. The second-order valence-electron chi connectivity index (χ2n) is 5.34. The van der Waals surface area contributed by atoms with Crippen molar-refractivity contribution in [1.82, 2.24) is 0 Å². The van der Waals surface area contributed by atoms with Gasteiger partial charge in [0.2, 0.25) is 0 Å². The average Bonchev–Trinajstić information content (AvgIpc) is 2.54. The van der Waals surface area contributed by atoms with Crippen molar-refractivity contribution in [2.24, 2.45) is 0 Å². The largest absolute Gasteiger partial charge is 0.461 e. The van der Waals surface area contributed by atoms with Crippen LogP contribution in [0.5, 0.6) is 0 Å². The summed E-state index contributed by atoms with van der Waals surface area (Å²) in [5, 5.41) is 0. The summed E-state index contributed by atoms with van der Waals surface area (Å²) in [7, 11) is 0. The number of ether oxygens (including phenoxy) is 1. The Morgan fingerprint density at radius 1 is 1.00 bits per heavy atom. The first-order valence-corrected chi connectivity index (χ1v) is 7.63. The van der Waals surface area contributed by atoms with Crippen molar-refractivity contribution < 1.29 is 9.53 Å². The molecule has 2 heteroatoms. The van der Waals surface area contributed by atoms with Crippen LogP contribution in [-0.2, 0) is 22.4 Å². The molecular weight excluding hydrogens is 272 g/mol. The minimum atomic E-state index is -0.250. The molecular formula is C20H22O2. The summed E-state index contributed by atoms with van der Waals surface area (Å²) >= 11 is 0. The molecule has 0 heterocycles. The predicted octanol–water partition coefficient (Wildman–Crippen LogP) is 4.44. The Kier molecular flexibility index (Phi) is 5.96. The van der Waals surface area contributed by atoms with E-state index in [2.05, 4.69) is 49.4 Å². The summed E-state index contributed by atoms with van der Waals surface area (Å²) in [6.07, 6.45) is 3.92. The Balaban J connectivity index is 2.17. The van der Waals surface area contributed by atoms with Gasteiger partial charge in [0.05, 0.1) is 0 Å². The summed E-state index contributed by atoms with van der Waals surface area (Å²) in [6, 6.07) is 18.7. The highest BCUT2D eigenvalue weighted by Crippen LogP contribution is 2.14. The second kappa shape index (κ2) is 8.18. The number of hydrogen-bond donors (Lipinski definition) is 0. The van der Waals surface area contributed by atoms with Crippen LogP contribution in [0, 0.1) is 0 Å². The van der Waals surface area contributed by atoms with Crippen molar-refractivity contribution in [3.63, 3.8) is 0 Å². The Morgan fingerprint density at radius 2 is 1.68 bits per heavy atom. The lowest BCUT2D eigenvalue weighted by Crippen LogP contribution is -2.05. The van der Waals surface area contributed by atoms with Gasteiger partial charge in [-0.15, -0.1) is 0 Å². The van der Waals surface area contributed by atoms with Crippen LogP contribution in [0.15, 0.2) is 60.2 Å². The van der Waals surface area contributed by atoms with E-state index in [1.807, 2.05) is 18.2 Å². The smallest absolute Gasteiger partial charge is 0.302 e. The predicted molar refractivity (Wildman–Crippen MR) is 90.6 cm³/mol. The van der Waals surface area contributed by atoms with Gasteiger partial charge in [-0.2, -0.15) is 0 Å². The molecule has 0 saturated carbocycles. The minimum Gasteiger partial charge on any atom is -0.461 e. The van der Waals surface area contributed by atoms with Gasteiger partial charge >= 0.3 is 5.97 Å². The number of benzene rings is 2. The zero-order chi connectivity index (χ0) is 15.8. The van der Waals surface area contributed by atoms with Crippen LogP contribution in [0.4, 0.5) is 0 Å². The van der Waals surface area contributed by atoms with Gasteiger partial charge in [0.15, 0.2) is 0 Å². The summed E-state index contributed by atoms with van der Waals surface area (Å²) < 4.78 is 5.19. The average molecular weight is 294 g/mol. The van der Waals surface area contributed by atoms with Crippen molar-refractivity contribution in [3.05, 3.63) is 76.9 Å². The fourth-order valence-electron chi connectivity index (χ4n) is 2.28. The van der Waals surface area contributed by atoms with Crippen molar-refractivity contribution in [1.29, 1.82) is 0 Å². The van der Waals surface area contributed by atoms with E-state index in [9.17, 15) is 4.79 Å². The maximum Gasteiger partial charge on any atom is 0.302 e. The molecule has 0 radical (unpaired) electrons. The molecule has 0 N–H and O–H groups in total. The van der Waals surface area contributed by atoms with Crippen LogP contribution in [0.3, 0.4) is 0 Å². The molecule has 0 bridgehead atoms. The molecule has 0 fully saturated rings. The maximum atomic E-state index is 11.1. The van der Waals surface area contributed by atoms with Crippen molar-refractivity contribution in [2.75, 3.05) is 6.61 Å². The first-order chi connectivity index (χ1) is 10.7. The molecule has 0 aliphatic rings. The van der Waals surface area contributed by atoms with Crippen LogP contribution in [-0.4, -0.2) is 12.6 Å². The van der Waals surface area contributed by atoms with E-state index >= 15 is 0 Å². The van der Waals surface area contributed by atoms with Crippen LogP contribution >= 0.6 is 0 Å². The monoisotopic (exact) mass is 294 g/mol. The summed E-state index contributed by atoms with van der Waals surface area (Å²) in [4.78, 5) is 11.1. The molecule has 0 atom stereocenters. The van der Waals surface area contributed by atoms with Gasteiger partial charge in [-0.1, -0.05) is 67.6 Å². The molecule has 0 aliphatic carbocycles. The van der Waals surface area contributed by atoms with Crippen molar-refractivity contribution in [3.8, 4) is 0 Å². The zero-order valence-corrected chi connectivity index (χ0v) is 13.2. The van der Waals surface area contributed by atoms with Gasteiger partial charge in [-0.3, -0.25) is 4.79 Å². The third kappa shape index (κ3) is 5.21. The van der Waals surface area contributed by atoms with Crippen LogP contribution in [0.25, 0.3) is 6.08 Å². The number of hydrogen-bond acceptors (Lipinski definition) is 2.